The highest BCUT2D eigenvalue weighted by molar-refractivity contribution is 6.06. The third kappa shape index (κ3) is 5.57. The lowest BCUT2D eigenvalue weighted by atomic mass is 9.90. The summed E-state index contributed by atoms with van der Waals surface area (Å²) in [6, 6.07) is 9.55. The molecule has 6 heterocycles. The van der Waals surface area contributed by atoms with Crippen molar-refractivity contribution in [2.45, 2.75) is 52.8 Å². The van der Waals surface area contributed by atoms with Gasteiger partial charge in [0.15, 0.2) is 0 Å². The predicted molar refractivity (Wildman–Crippen MR) is 181 cm³/mol. The molecule has 3 N–H and O–H groups in total. The van der Waals surface area contributed by atoms with Crippen molar-refractivity contribution in [2.75, 3.05) is 48.4 Å². The lowest BCUT2D eigenvalue weighted by molar-refractivity contribution is 0.0962. The normalized spacial score (nSPS) is 18.5. The molecule has 0 aromatic carbocycles. The summed E-state index contributed by atoms with van der Waals surface area (Å²) < 4.78 is 7.72. The average Bonchev–Trinajstić information content (AvgIpc) is 3.57. The van der Waals surface area contributed by atoms with E-state index < -0.39 is 6.09 Å². The molecule has 0 bridgehead atoms. The molecule has 4 aromatic rings. The van der Waals surface area contributed by atoms with E-state index in [1.807, 2.05) is 37.3 Å². The van der Waals surface area contributed by atoms with Gasteiger partial charge in [-0.3, -0.25) is 9.69 Å². The molecule has 0 radical (unpaired) electrons. The van der Waals surface area contributed by atoms with Gasteiger partial charge in [-0.2, -0.15) is 0 Å². The molecule has 1 atom stereocenters. The fourth-order valence-electron chi connectivity index (χ4n) is 7.39. The zero-order valence-electron chi connectivity index (χ0n) is 27.6. The van der Waals surface area contributed by atoms with Crippen molar-refractivity contribution in [3.8, 4) is 17.0 Å². The van der Waals surface area contributed by atoms with Crippen LogP contribution in [-0.2, 0) is 26.0 Å². The van der Waals surface area contributed by atoms with Gasteiger partial charge in [0.25, 0.3) is 5.91 Å². The highest BCUT2D eigenvalue weighted by Crippen LogP contribution is 2.40. The number of aliphatic hydroxyl groups is 1. The second kappa shape index (κ2) is 12.1. The fraction of sp³-hybridized carbons (Fsp3) is 0.400. The minimum absolute atomic E-state index is 0.0151. The molecule has 0 unspecified atom stereocenters. The number of aliphatic hydroxyl groups excluding tert-OH is 1. The van der Waals surface area contributed by atoms with Crippen LogP contribution in [0.1, 0.15) is 48.1 Å². The Bertz CT molecular complexity index is 1890. The summed E-state index contributed by atoms with van der Waals surface area (Å²) in [7, 11) is 1.54. The number of piperazine rings is 1. The van der Waals surface area contributed by atoms with Crippen LogP contribution in [0.2, 0.25) is 0 Å². The number of carboxylic acid groups (broad SMARTS) is 1. The number of anilines is 4. The van der Waals surface area contributed by atoms with Crippen molar-refractivity contribution in [3.05, 3.63) is 71.4 Å². The van der Waals surface area contributed by atoms with Crippen LogP contribution >= 0.6 is 0 Å². The van der Waals surface area contributed by atoms with E-state index in [0.29, 0.717) is 78.3 Å². The van der Waals surface area contributed by atoms with E-state index in [2.05, 4.69) is 43.6 Å². The third-order valence-electron chi connectivity index (χ3n) is 9.67. The minimum Gasteiger partial charge on any atom is -0.480 e. The average molecular weight is 653 g/mol. The first-order valence-electron chi connectivity index (χ1n) is 16.2. The molecule has 0 saturated carbocycles. The van der Waals surface area contributed by atoms with E-state index in [-0.39, 0.29) is 24.0 Å². The van der Waals surface area contributed by atoms with Crippen LogP contribution in [0, 0.1) is 5.41 Å². The standard InChI is InChI=1S/C35H40N8O5/c1-21-19-40(34(46)47)9-10-41(21)24-5-6-30(37-18-24)39-27-13-23(17-38-32(27)48-4)25-7-8-36-31(26(25)20-44)43-12-11-42-28(33(43)45)14-22-15-35(2,3)16-29(22)42/h5-8,13-14,17-18,21,44H,9-12,15-16,19-20H2,1-4H3,(H,37,39)(H,46,47)/t21-/m0/s1. The first-order valence-corrected chi connectivity index (χ1v) is 16.2. The lowest BCUT2D eigenvalue weighted by Crippen LogP contribution is -2.53. The minimum atomic E-state index is -0.902. The molecule has 13 nitrogen and oxygen atoms in total. The number of aromatic nitrogens is 4. The van der Waals surface area contributed by atoms with Gasteiger partial charge in [0.05, 0.1) is 25.6 Å². The van der Waals surface area contributed by atoms with Crippen LogP contribution in [-0.4, -0.2) is 86.0 Å². The molecule has 4 aromatic heterocycles. The van der Waals surface area contributed by atoms with Gasteiger partial charge in [-0.15, -0.1) is 0 Å². The van der Waals surface area contributed by atoms with Crippen LogP contribution in [0.5, 0.6) is 5.88 Å². The van der Waals surface area contributed by atoms with Crippen molar-refractivity contribution in [1.82, 2.24) is 24.4 Å². The van der Waals surface area contributed by atoms with E-state index in [1.165, 1.54) is 16.2 Å². The smallest absolute Gasteiger partial charge is 0.407 e. The van der Waals surface area contributed by atoms with Crippen LogP contribution in [0.3, 0.4) is 0 Å². The Morgan fingerprint density at radius 1 is 1.06 bits per heavy atom. The maximum Gasteiger partial charge on any atom is 0.407 e. The largest absolute Gasteiger partial charge is 0.480 e. The molecule has 250 valence electrons. The van der Waals surface area contributed by atoms with Crippen molar-refractivity contribution in [3.63, 3.8) is 0 Å². The maximum absolute atomic E-state index is 13.8. The maximum atomic E-state index is 13.8. The van der Waals surface area contributed by atoms with Gasteiger partial charge in [0.1, 0.15) is 23.0 Å². The number of rotatable bonds is 7. The highest BCUT2D eigenvalue weighted by atomic mass is 16.5. The van der Waals surface area contributed by atoms with Crippen molar-refractivity contribution in [1.29, 1.82) is 0 Å². The lowest BCUT2D eigenvalue weighted by Gasteiger charge is -2.39. The monoisotopic (exact) mass is 652 g/mol. The molecular weight excluding hydrogens is 612 g/mol. The number of carbonyl (C=O) groups is 2. The van der Waals surface area contributed by atoms with E-state index in [0.717, 1.165) is 18.5 Å². The number of nitrogens with zero attached hydrogens (tertiary/aromatic N) is 7. The van der Waals surface area contributed by atoms with E-state index in [9.17, 15) is 19.8 Å². The van der Waals surface area contributed by atoms with Gasteiger partial charge in [0, 0.05) is 68.0 Å². The number of amides is 2. The van der Waals surface area contributed by atoms with Gasteiger partial charge >= 0.3 is 6.09 Å². The highest BCUT2D eigenvalue weighted by Gasteiger charge is 2.37. The molecule has 1 aliphatic carbocycles. The Morgan fingerprint density at radius 2 is 1.90 bits per heavy atom. The molecule has 1 fully saturated rings. The van der Waals surface area contributed by atoms with Gasteiger partial charge in [0.2, 0.25) is 5.88 Å². The first-order chi connectivity index (χ1) is 23.1. The van der Waals surface area contributed by atoms with E-state index >= 15 is 0 Å². The number of carbonyl (C=O) groups excluding carboxylic acids is 1. The summed E-state index contributed by atoms with van der Waals surface area (Å²) >= 11 is 0. The van der Waals surface area contributed by atoms with Crippen LogP contribution in [0.25, 0.3) is 11.1 Å². The summed E-state index contributed by atoms with van der Waals surface area (Å²) in [5.74, 6) is 1.26. The molecule has 1 saturated heterocycles. The van der Waals surface area contributed by atoms with Crippen molar-refractivity contribution in [2.24, 2.45) is 5.41 Å². The van der Waals surface area contributed by atoms with Gasteiger partial charge < -0.3 is 34.6 Å². The van der Waals surface area contributed by atoms with Crippen LogP contribution < -0.4 is 19.9 Å². The topological polar surface area (TPSA) is 149 Å². The zero-order chi connectivity index (χ0) is 33.7. The number of fused-ring (bicyclic) bond motifs is 3. The molecule has 2 amide bonds. The van der Waals surface area contributed by atoms with E-state index in [4.69, 9.17) is 4.74 Å². The second-order valence-corrected chi connectivity index (χ2v) is 13.5. The summed E-state index contributed by atoms with van der Waals surface area (Å²) in [4.78, 5) is 44.2. The quantitative estimate of drug-likeness (QED) is 0.259. The molecule has 13 heteroatoms. The van der Waals surface area contributed by atoms with Crippen molar-refractivity contribution >= 4 is 35.0 Å². The SMILES string of the molecule is COc1ncc(-c2ccnc(N3CCn4c(cc5c4CC(C)(C)C5)C3=O)c2CO)cc1Nc1ccc(N2CCN(C(=O)O)C[C@@H]2C)cn1. The van der Waals surface area contributed by atoms with Crippen LogP contribution in [0.15, 0.2) is 48.9 Å². The second-order valence-electron chi connectivity index (χ2n) is 13.5. The van der Waals surface area contributed by atoms with Gasteiger partial charge in [-0.1, -0.05) is 13.8 Å². The number of hydrogen-bond acceptors (Lipinski definition) is 9. The Kier molecular flexibility index (Phi) is 7.94. The Hall–Kier alpha value is -5.17. The summed E-state index contributed by atoms with van der Waals surface area (Å²) in [6.45, 7) is 8.78. The van der Waals surface area contributed by atoms with Gasteiger partial charge in [-0.05, 0) is 66.6 Å². The van der Waals surface area contributed by atoms with Crippen molar-refractivity contribution < 1.29 is 24.5 Å². The Morgan fingerprint density at radius 3 is 2.60 bits per heavy atom. The summed E-state index contributed by atoms with van der Waals surface area (Å²) in [6.07, 6.45) is 6.10. The number of ether oxygens (including phenoxy) is 1. The zero-order valence-corrected chi connectivity index (χ0v) is 27.6. The predicted octanol–water partition coefficient (Wildman–Crippen LogP) is 4.56. The molecule has 0 spiro atoms. The summed E-state index contributed by atoms with van der Waals surface area (Å²) in [5.41, 5.74) is 6.81. The Balaban J connectivity index is 1.14. The van der Waals surface area contributed by atoms with Crippen LogP contribution in [0.4, 0.5) is 27.8 Å². The molecule has 2 aliphatic heterocycles. The van der Waals surface area contributed by atoms with Gasteiger partial charge in [-0.25, -0.2) is 19.7 Å². The van der Waals surface area contributed by atoms with E-state index in [1.54, 1.807) is 30.6 Å². The number of nitrogens with one attached hydrogen (secondary N) is 1. The molecule has 3 aliphatic rings. The molecule has 48 heavy (non-hydrogen) atoms. The molecule has 7 rings (SSSR count). The number of methoxy groups -OCH3 is 1. The Labute approximate surface area is 278 Å². The molecular formula is C35H40N8O5. The fourth-order valence-corrected chi connectivity index (χ4v) is 7.39. The third-order valence-corrected chi connectivity index (χ3v) is 9.67. The number of hydrogen-bond donors (Lipinski definition) is 3. The summed E-state index contributed by atoms with van der Waals surface area (Å²) in [5, 5.41) is 23.3. The first kappa shape index (κ1) is 31.4. The number of pyridine rings is 3.